The van der Waals surface area contributed by atoms with Crippen molar-refractivity contribution in [2.45, 2.75) is 98.4 Å². The molecular formula is C33H51N7O7S. The second-order valence-corrected chi connectivity index (χ2v) is 14.7. The minimum Gasteiger partial charge on any atom is -0.387 e. The lowest BCUT2D eigenvalue weighted by Crippen LogP contribution is -2.59. The molecule has 0 saturated carbocycles. The number of rotatable bonds is 15. The average Bonchev–Trinajstić information content (AvgIpc) is 3.34. The first-order chi connectivity index (χ1) is 22.2. The first-order valence-corrected chi connectivity index (χ1v) is 16.7. The van der Waals surface area contributed by atoms with Crippen molar-refractivity contribution in [1.29, 1.82) is 0 Å². The Labute approximate surface area is 286 Å². The van der Waals surface area contributed by atoms with Gasteiger partial charge in [-0.05, 0) is 64.2 Å². The van der Waals surface area contributed by atoms with Gasteiger partial charge in [0.05, 0.1) is 11.1 Å². The molecule has 0 bridgehead atoms. The number of amides is 5. The van der Waals surface area contributed by atoms with Gasteiger partial charge in [-0.2, -0.15) is 0 Å². The molecule has 266 valence electrons. The molecule has 14 nitrogen and oxygen atoms in total. The Morgan fingerprint density at radius 1 is 0.917 bits per heavy atom. The number of anilines is 2. The minimum absolute atomic E-state index is 0.0783. The van der Waals surface area contributed by atoms with Gasteiger partial charge in [-0.15, -0.1) is 0 Å². The van der Waals surface area contributed by atoms with Crippen LogP contribution in [0.1, 0.15) is 95.1 Å². The third kappa shape index (κ3) is 13.0. The molecule has 0 aliphatic carbocycles. The number of aromatic nitrogens is 1. The number of alkyl carbamates (subject to hydrolysis) is 1. The number of carbonyl (C=O) groups excluding carboxylic acids is 5. The predicted octanol–water partition coefficient (Wildman–Crippen LogP) is 5.00. The van der Waals surface area contributed by atoms with Crippen LogP contribution in [0.4, 0.5) is 20.4 Å². The number of ether oxygens (including phenoxy) is 2. The maximum atomic E-state index is 13.1. The van der Waals surface area contributed by atoms with E-state index in [0.717, 1.165) is 36.2 Å². The molecule has 0 aliphatic rings. The van der Waals surface area contributed by atoms with Crippen molar-refractivity contribution < 1.29 is 33.4 Å². The van der Waals surface area contributed by atoms with Crippen LogP contribution < -0.4 is 27.0 Å². The summed E-state index contributed by atoms with van der Waals surface area (Å²) in [4.78, 5) is 67.7. The third-order valence-corrected chi connectivity index (χ3v) is 7.91. The third-order valence-electron chi connectivity index (χ3n) is 6.90. The summed E-state index contributed by atoms with van der Waals surface area (Å²) >= 11 is 1.12. The molecule has 2 rings (SSSR count). The minimum atomic E-state index is -1.94. The van der Waals surface area contributed by atoms with E-state index in [9.17, 15) is 24.0 Å². The van der Waals surface area contributed by atoms with Crippen LogP contribution in [0.15, 0.2) is 24.3 Å². The number of nitrogens with zero attached hydrogens (tertiary/aromatic N) is 2. The molecule has 0 saturated heterocycles. The molecule has 0 fully saturated rings. The maximum absolute atomic E-state index is 13.1. The molecule has 48 heavy (non-hydrogen) atoms. The monoisotopic (exact) mass is 689 g/mol. The van der Waals surface area contributed by atoms with Crippen molar-refractivity contribution in [2.24, 2.45) is 11.1 Å². The molecule has 1 heterocycles. The predicted molar refractivity (Wildman–Crippen MR) is 186 cm³/mol. The molecule has 1 atom stereocenters. The van der Waals surface area contributed by atoms with Crippen molar-refractivity contribution in [2.75, 3.05) is 31.3 Å². The summed E-state index contributed by atoms with van der Waals surface area (Å²) in [6.07, 6.45) is 1.76. The molecule has 6 N–H and O–H groups in total. The largest absolute Gasteiger partial charge is 0.412 e. The van der Waals surface area contributed by atoms with E-state index in [1.807, 2.05) is 12.1 Å². The molecule has 1 aromatic heterocycles. The number of benzene rings is 1. The van der Waals surface area contributed by atoms with E-state index in [-0.39, 0.29) is 17.7 Å². The topological polar surface area (TPSA) is 194 Å². The normalized spacial score (nSPS) is 12.7. The van der Waals surface area contributed by atoms with Crippen LogP contribution in [0.3, 0.4) is 0 Å². The molecular weight excluding hydrogens is 638 g/mol. The van der Waals surface area contributed by atoms with E-state index >= 15 is 0 Å². The van der Waals surface area contributed by atoms with Crippen LogP contribution in [-0.4, -0.2) is 71.9 Å². The number of thiazole rings is 1. The van der Waals surface area contributed by atoms with Crippen molar-refractivity contribution >= 4 is 52.1 Å². The van der Waals surface area contributed by atoms with E-state index in [2.05, 4.69) is 26.3 Å². The van der Waals surface area contributed by atoms with Crippen LogP contribution in [-0.2, 0) is 31.9 Å². The molecule has 0 spiro atoms. The van der Waals surface area contributed by atoms with Crippen LogP contribution in [0.5, 0.6) is 0 Å². The molecule has 2 aromatic rings. The smallest absolute Gasteiger partial charge is 0.387 e. The van der Waals surface area contributed by atoms with E-state index in [1.54, 1.807) is 72.7 Å². The highest BCUT2D eigenvalue weighted by Gasteiger charge is 2.50. The Hall–Kier alpha value is -4.40. The highest BCUT2D eigenvalue weighted by Crippen LogP contribution is 2.37. The van der Waals surface area contributed by atoms with Crippen LogP contribution in [0.25, 0.3) is 0 Å². The maximum Gasteiger partial charge on any atom is 0.412 e. The van der Waals surface area contributed by atoms with Gasteiger partial charge in [0, 0.05) is 45.2 Å². The summed E-state index contributed by atoms with van der Waals surface area (Å²) < 4.78 is 11.1. The van der Waals surface area contributed by atoms with E-state index < -0.39 is 29.1 Å². The zero-order chi connectivity index (χ0) is 36.3. The zero-order valence-electron chi connectivity index (χ0n) is 29.5. The van der Waals surface area contributed by atoms with Crippen molar-refractivity contribution in [3.63, 3.8) is 0 Å². The molecule has 0 aliphatic heterocycles. The summed E-state index contributed by atoms with van der Waals surface area (Å²) in [5.41, 5.74) is 5.80. The average molecular weight is 690 g/mol. The number of hydrogen-bond acceptors (Lipinski definition) is 10. The molecule has 1 aromatic carbocycles. The van der Waals surface area contributed by atoms with Crippen LogP contribution in [0.2, 0.25) is 0 Å². The Bertz CT molecular complexity index is 1430. The van der Waals surface area contributed by atoms with Gasteiger partial charge in [0.25, 0.3) is 5.91 Å². The van der Waals surface area contributed by atoms with Crippen molar-refractivity contribution in [3.8, 4) is 0 Å². The number of nitrogens with one attached hydrogen (secondary N) is 4. The first-order valence-electron chi connectivity index (χ1n) is 15.8. The van der Waals surface area contributed by atoms with E-state index in [0.29, 0.717) is 47.2 Å². The van der Waals surface area contributed by atoms with Gasteiger partial charge < -0.3 is 41.4 Å². The second kappa shape index (κ2) is 17.1. The van der Waals surface area contributed by atoms with E-state index in [4.69, 9.17) is 15.2 Å². The van der Waals surface area contributed by atoms with Crippen LogP contribution >= 0.6 is 11.3 Å². The fourth-order valence-corrected chi connectivity index (χ4v) is 5.34. The van der Waals surface area contributed by atoms with Gasteiger partial charge in [-0.25, -0.2) is 14.6 Å². The van der Waals surface area contributed by atoms with E-state index in [1.165, 1.54) is 6.92 Å². The lowest BCUT2D eigenvalue weighted by Gasteiger charge is -2.42. The number of hydrogen-bond donors (Lipinski definition) is 5. The van der Waals surface area contributed by atoms with Gasteiger partial charge in [0.15, 0.2) is 5.13 Å². The Morgan fingerprint density at radius 3 is 2.10 bits per heavy atom. The Morgan fingerprint density at radius 2 is 1.56 bits per heavy atom. The summed E-state index contributed by atoms with van der Waals surface area (Å²) in [5, 5.41) is 11.7. The lowest BCUT2D eigenvalue weighted by molar-refractivity contribution is -0.202. The number of nitrogens with two attached hydrogens (primary N) is 1. The van der Waals surface area contributed by atoms with Crippen molar-refractivity contribution in [1.82, 2.24) is 20.5 Å². The van der Waals surface area contributed by atoms with Crippen molar-refractivity contribution in [3.05, 3.63) is 40.4 Å². The van der Waals surface area contributed by atoms with Gasteiger partial charge in [-0.3, -0.25) is 14.4 Å². The fraction of sp³-hybridized carbons (Fsp3) is 0.576. The number of carbonyl (C=O) groups is 5. The summed E-state index contributed by atoms with van der Waals surface area (Å²) in [5.74, 6) is -2.42. The molecule has 0 radical (unpaired) electrons. The number of primary amides is 1. The summed E-state index contributed by atoms with van der Waals surface area (Å²) in [7, 11) is 3.46. The first kappa shape index (κ1) is 39.8. The Balaban J connectivity index is 2.15. The zero-order valence-corrected chi connectivity index (χ0v) is 30.3. The highest BCUT2D eigenvalue weighted by atomic mass is 32.1. The second-order valence-electron chi connectivity index (χ2n) is 13.7. The summed E-state index contributed by atoms with van der Waals surface area (Å²) in [6, 6.07) is 7.18. The Kier molecular flexibility index (Phi) is 14.2. The van der Waals surface area contributed by atoms with Gasteiger partial charge in [0.1, 0.15) is 4.88 Å². The highest BCUT2D eigenvalue weighted by molar-refractivity contribution is 7.17. The van der Waals surface area contributed by atoms with Gasteiger partial charge in [-0.1, -0.05) is 50.7 Å². The van der Waals surface area contributed by atoms with Crippen LogP contribution in [0, 0.1) is 5.41 Å². The molecule has 1 unspecified atom stereocenters. The standard InChI is InChI=1S/C33H51N7O7S/c1-21(41)36-29-37-24(26(48-29)27(43)35-20-12-10-11-13-25(42)40(8)9)19-16-22-14-17-23(18-15-22)38-33(31(2,3)4,46-28(34)44)47-30(45)39-32(5,6)7/h14-15,17-18,38H,10-13,16,19-20H2,1-9H3,(H2,34,44)(H,35,43)(H,39,45)(H,36,37,41). The lowest BCUT2D eigenvalue weighted by atomic mass is 9.90. The summed E-state index contributed by atoms with van der Waals surface area (Å²) in [6.45, 7) is 12.4. The SMILES string of the molecule is CC(=O)Nc1nc(CCc2ccc(NC(OC(N)=O)(OC(=O)NC(C)(C)C)C(C)(C)C)cc2)c(C(=O)NCCCCCC(=O)N(C)C)s1. The molecule has 15 heteroatoms. The number of unbranched alkanes of at least 4 members (excludes halogenated alkanes) is 2. The van der Waals surface area contributed by atoms with Gasteiger partial charge >= 0.3 is 18.1 Å². The molecule has 5 amide bonds. The fourth-order valence-electron chi connectivity index (χ4n) is 4.36. The van der Waals surface area contributed by atoms with Gasteiger partial charge in [0.2, 0.25) is 11.8 Å². The number of aryl methyl sites for hydroxylation is 2. The quantitative estimate of drug-likeness (QED) is 0.126.